The Labute approximate surface area is 142 Å². The average molecular weight is 356 g/mol. The van der Waals surface area contributed by atoms with Crippen LogP contribution in [-0.2, 0) is 27.8 Å². The molecule has 0 saturated carbocycles. The molecule has 2 aliphatic heterocycles. The lowest BCUT2D eigenvalue weighted by molar-refractivity contribution is 0.195. The summed E-state index contributed by atoms with van der Waals surface area (Å²) in [6.07, 6.45) is 1.99. The van der Waals surface area contributed by atoms with Crippen LogP contribution in [0.15, 0.2) is 0 Å². The van der Waals surface area contributed by atoms with E-state index in [1.54, 1.807) is 0 Å². The van der Waals surface area contributed by atoms with Crippen molar-refractivity contribution in [2.75, 3.05) is 51.4 Å². The average Bonchev–Trinajstić information content (AvgIpc) is 2.91. The summed E-state index contributed by atoms with van der Waals surface area (Å²) in [5, 5.41) is 3.38. The fourth-order valence-electron chi connectivity index (χ4n) is 3.02. The van der Waals surface area contributed by atoms with Crippen LogP contribution in [0.4, 0.5) is 11.8 Å². The molecule has 10 heteroatoms. The zero-order chi connectivity index (χ0) is 17.3. The molecule has 2 aliphatic rings. The number of ether oxygens (including phenoxy) is 1. The fraction of sp³-hybridized carbons (Fsp3) is 0.714. The molecule has 1 fully saturated rings. The number of hydrogen-bond donors (Lipinski definition) is 2. The van der Waals surface area contributed by atoms with Gasteiger partial charge < -0.3 is 15.8 Å². The molecule has 24 heavy (non-hydrogen) atoms. The Bertz CT molecular complexity index is 703. The number of aromatic nitrogens is 2. The SMILES string of the molecule is CN(C)S(=O)(=O)N1CCc2nc(N)nc(N[C@H]3CCOC3)c2CC1. The second kappa shape index (κ2) is 6.79. The van der Waals surface area contributed by atoms with Gasteiger partial charge in [-0.2, -0.15) is 22.0 Å². The second-order valence-corrected chi connectivity index (χ2v) is 8.39. The maximum Gasteiger partial charge on any atom is 0.281 e. The molecule has 0 amide bonds. The predicted molar refractivity (Wildman–Crippen MR) is 90.9 cm³/mol. The van der Waals surface area contributed by atoms with E-state index in [4.69, 9.17) is 10.5 Å². The lowest BCUT2D eigenvalue weighted by Gasteiger charge is -2.23. The van der Waals surface area contributed by atoms with Crippen LogP contribution in [0.25, 0.3) is 0 Å². The quantitative estimate of drug-likeness (QED) is 0.745. The molecule has 134 valence electrons. The summed E-state index contributed by atoms with van der Waals surface area (Å²) in [6, 6.07) is 0.202. The van der Waals surface area contributed by atoms with Gasteiger partial charge in [-0.3, -0.25) is 0 Å². The van der Waals surface area contributed by atoms with Crippen LogP contribution in [0, 0.1) is 0 Å². The molecule has 0 spiro atoms. The third-order valence-electron chi connectivity index (χ3n) is 4.38. The van der Waals surface area contributed by atoms with Gasteiger partial charge in [0.25, 0.3) is 10.2 Å². The molecular formula is C14H24N6O3S. The first kappa shape index (κ1) is 17.3. The van der Waals surface area contributed by atoms with Gasteiger partial charge in [0.15, 0.2) is 0 Å². The van der Waals surface area contributed by atoms with Crippen LogP contribution in [0.5, 0.6) is 0 Å². The van der Waals surface area contributed by atoms with Crippen molar-refractivity contribution in [2.24, 2.45) is 0 Å². The zero-order valence-corrected chi connectivity index (χ0v) is 14.8. The van der Waals surface area contributed by atoms with Gasteiger partial charge >= 0.3 is 0 Å². The maximum absolute atomic E-state index is 12.4. The van der Waals surface area contributed by atoms with E-state index in [0.29, 0.717) is 38.4 Å². The van der Waals surface area contributed by atoms with Crippen molar-refractivity contribution in [1.82, 2.24) is 18.6 Å². The number of nitrogens with one attached hydrogen (secondary N) is 1. The molecule has 0 unspecified atom stereocenters. The number of anilines is 2. The van der Waals surface area contributed by atoms with Crippen molar-refractivity contribution in [3.05, 3.63) is 11.3 Å². The molecule has 1 saturated heterocycles. The second-order valence-electron chi connectivity index (χ2n) is 6.25. The first-order chi connectivity index (χ1) is 11.4. The number of nitrogens with two attached hydrogens (primary N) is 1. The highest BCUT2D eigenvalue weighted by molar-refractivity contribution is 7.86. The normalized spacial score (nSPS) is 22.4. The van der Waals surface area contributed by atoms with E-state index in [1.807, 2.05) is 0 Å². The Hall–Kier alpha value is -1.49. The molecular weight excluding hydrogens is 332 g/mol. The first-order valence-electron chi connectivity index (χ1n) is 8.05. The third kappa shape index (κ3) is 3.46. The molecule has 0 aliphatic carbocycles. The highest BCUT2D eigenvalue weighted by Gasteiger charge is 2.29. The van der Waals surface area contributed by atoms with E-state index >= 15 is 0 Å². The van der Waals surface area contributed by atoms with Gasteiger partial charge in [-0.05, 0) is 12.8 Å². The lowest BCUT2D eigenvalue weighted by atomic mass is 10.1. The van der Waals surface area contributed by atoms with E-state index in [-0.39, 0.29) is 12.0 Å². The number of nitrogens with zero attached hydrogens (tertiary/aromatic N) is 4. The number of nitrogen functional groups attached to an aromatic ring is 1. The minimum absolute atomic E-state index is 0.202. The molecule has 1 aromatic rings. The minimum atomic E-state index is -3.44. The Morgan fingerprint density at radius 2 is 2.04 bits per heavy atom. The van der Waals surface area contributed by atoms with Gasteiger partial charge in [-0.15, -0.1) is 0 Å². The van der Waals surface area contributed by atoms with Crippen LogP contribution in [0.2, 0.25) is 0 Å². The molecule has 9 nitrogen and oxygen atoms in total. The Balaban J connectivity index is 1.85. The predicted octanol–water partition coefficient (Wildman–Crippen LogP) is -0.533. The highest BCUT2D eigenvalue weighted by atomic mass is 32.2. The van der Waals surface area contributed by atoms with E-state index in [9.17, 15) is 8.42 Å². The smallest absolute Gasteiger partial charge is 0.281 e. The summed E-state index contributed by atoms with van der Waals surface area (Å²) >= 11 is 0. The van der Waals surface area contributed by atoms with Gasteiger partial charge in [0, 0.05) is 45.8 Å². The summed E-state index contributed by atoms with van der Waals surface area (Å²) in [7, 11) is -0.360. The summed E-state index contributed by atoms with van der Waals surface area (Å²) in [5.74, 6) is 0.913. The van der Waals surface area contributed by atoms with Gasteiger partial charge in [-0.25, -0.2) is 4.98 Å². The molecule has 1 atom stereocenters. The molecule has 3 heterocycles. The van der Waals surface area contributed by atoms with Crippen molar-refractivity contribution in [2.45, 2.75) is 25.3 Å². The fourth-order valence-corrected chi connectivity index (χ4v) is 4.13. The summed E-state index contributed by atoms with van der Waals surface area (Å²) in [5.41, 5.74) is 7.61. The van der Waals surface area contributed by atoms with Crippen molar-refractivity contribution in [1.29, 1.82) is 0 Å². The largest absolute Gasteiger partial charge is 0.379 e. The van der Waals surface area contributed by atoms with Gasteiger partial charge in [0.2, 0.25) is 5.95 Å². The maximum atomic E-state index is 12.4. The zero-order valence-electron chi connectivity index (χ0n) is 14.0. The Morgan fingerprint density at radius 3 is 2.71 bits per heavy atom. The minimum Gasteiger partial charge on any atom is -0.379 e. The molecule has 3 rings (SSSR count). The number of fused-ring (bicyclic) bond motifs is 1. The number of hydrogen-bond acceptors (Lipinski definition) is 7. The summed E-state index contributed by atoms with van der Waals surface area (Å²) < 4.78 is 32.9. The monoisotopic (exact) mass is 356 g/mol. The third-order valence-corrected chi connectivity index (χ3v) is 6.32. The molecule has 0 radical (unpaired) electrons. The van der Waals surface area contributed by atoms with E-state index in [2.05, 4.69) is 15.3 Å². The van der Waals surface area contributed by atoms with Crippen LogP contribution in [0.1, 0.15) is 17.7 Å². The molecule has 1 aromatic heterocycles. The topological polar surface area (TPSA) is 114 Å². The van der Waals surface area contributed by atoms with Crippen LogP contribution >= 0.6 is 0 Å². The van der Waals surface area contributed by atoms with E-state index in [0.717, 1.165) is 24.3 Å². The van der Waals surface area contributed by atoms with Gasteiger partial charge in [0.1, 0.15) is 5.82 Å². The van der Waals surface area contributed by atoms with Crippen molar-refractivity contribution in [3.8, 4) is 0 Å². The summed E-state index contributed by atoms with van der Waals surface area (Å²) in [6.45, 7) is 2.15. The molecule has 0 aromatic carbocycles. The van der Waals surface area contributed by atoms with Crippen LogP contribution in [-0.4, -0.2) is 73.4 Å². The summed E-state index contributed by atoms with van der Waals surface area (Å²) in [4.78, 5) is 8.67. The molecule has 0 bridgehead atoms. The standard InChI is InChI=1S/C14H24N6O3S/c1-19(2)24(21,22)20-6-3-11-12(4-7-20)17-14(15)18-13(11)16-10-5-8-23-9-10/h10H,3-9H2,1-2H3,(H3,15,16,17,18)/t10-/m0/s1. The Kier molecular flexibility index (Phi) is 4.90. The van der Waals surface area contributed by atoms with Crippen molar-refractivity contribution >= 4 is 22.0 Å². The lowest BCUT2D eigenvalue weighted by Crippen LogP contribution is -2.41. The molecule has 3 N–H and O–H groups in total. The van der Waals surface area contributed by atoms with Crippen molar-refractivity contribution in [3.63, 3.8) is 0 Å². The van der Waals surface area contributed by atoms with Crippen LogP contribution in [0.3, 0.4) is 0 Å². The van der Waals surface area contributed by atoms with Crippen molar-refractivity contribution < 1.29 is 13.2 Å². The number of rotatable bonds is 4. The van der Waals surface area contributed by atoms with E-state index in [1.165, 1.54) is 22.7 Å². The van der Waals surface area contributed by atoms with Crippen LogP contribution < -0.4 is 11.1 Å². The van der Waals surface area contributed by atoms with Gasteiger partial charge in [-0.1, -0.05) is 0 Å². The Morgan fingerprint density at radius 1 is 1.29 bits per heavy atom. The van der Waals surface area contributed by atoms with Gasteiger partial charge in [0.05, 0.1) is 18.3 Å². The highest BCUT2D eigenvalue weighted by Crippen LogP contribution is 2.25. The van der Waals surface area contributed by atoms with E-state index < -0.39 is 10.2 Å². The first-order valence-corrected chi connectivity index (χ1v) is 9.45.